The van der Waals surface area contributed by atoms with Gasteiger partial charge in [0.15, 0.2) is 40.4 Å². The average molecular weight is 1050 g/mol. The van der Waals surface area contributed by atoms with E-state index in [1.54, 1.807) is 0 Å². The van der Waals surface area contributed by atoms with Gasteiger partial charge in [0.1, 0.15) is 61.0 Å². The van der Waals surface area contributed by atoms with Crippen LogP contribution in [0.4, 0.5) is 0 Å². The van der Waals surface area contributed by atoms with Gasteiger partial charge in [-0.25, -0.2) is 0 Å². The van der Waals surface area contributed by atoms with E-state index < -0.39 is 136 Å². The van der Waals surface area contributed by atoms with Crippen molar-refractivity contribution in [3.63, 3.8) is 0 Å². The Morgan fingerprint density at radius 3 is 1.77 bits per heavy atom. The van der Waals surface area contributed by atoms with Gasteiger partial charge < -0.3 is 122 Å². The van der Waals surface area contributed by atoms with Gasteiger partial charge >= 0.3 is 0 Å². The molecule has 8 heterocycles. The molecule has 0 amide bonds. The molecule has 20 atom stereocenters. The first-order chi connectivity index (χ1) is 33.0. The van der Waals surface area contributed by atoms with E-state index >= 15 is 0 Å². The Morgan fingerprint density at radius 1 is 0.551 bits per heavy atom. The average Bonchev–Trinajstić information content (AvgIpc) is 3.33. The summed E-state index contributed by atoms with van der Waals surface area (Å²) in [5.74, 6) is -0.981. The topological polar surface area (TPSA) is 374 Å². The molecule has 8 aliphatic heterocycles. The van der Waals surface area contributed by atoms with Crippen LogP contribution in [0.5, 0.6) is 0 Å². The lowest BCUT2D eigenvalue weighted by molar-refractivity contribution is -0.355. The molecule has 8 aliphatic rings. The van der Waals surface area contributed by atoms with Crippen molar-refractivity contribution in [1.29, 1.82) is 0 Å². The molecule has 18 N–H and O–H groups in total. The number of thiocarbonyl (C=S) groups is 3. The van der Waals surface area contributed by atoms with Crippen LogP contribution in [-0.2, 0) is 28.4 Å². The minimum absolute atomic E-state index is 0.0731. The van der Waals surface area contributed by atoms with Gasteiger partial charge in [-0.3, -0.25) is 4.90 Å². The number of ether oxygens (including phenoxy) is 6. The van der Waals surface area contributed by atoms with Crippen LogP contribution >= 0.6 is 36.7 Å². The fourth-order valence-electron chi connectivity index (χ4n) is 9.08. The molecular weight excluding hydrogens is 975 g/mol. The molecule has 0 spiro atoms. The highest BCUT2D eigenvalue weighted by Gasteiger charge is 2.51. The van der Waals surface area contributed by atoms with E-state index in [2.05, 4.69) is 36.8 Å². The van der Waals surface area contributed by atoms with Crippen molar-refractivity contribution in [2.75, 3.05) is 72.2 Å². The van der Waals surface area contributed by atoms with E-state index in [4.69, 9.17) is 65.1 Å². The zero-order valence-corrected chi connectivity index (χ0v) is 41.0. The van der Waals surface area contributed by atoms with Crippen molar-refractivity contribution in [2.24, 2.45) is 11.8 Å². The molecule has 0 radical (unpaired) electrons. The Hall–Kier alpha value is -1.69. The molecule has 28 heteroatoms. The summed E-state index contributed by atoms with van der Waals surface area (Å²) in [7, 11) is 0. The quantitative estimate of drug-likeness (QED) is 0.0535. The van der Waals surface area contributed by atoms with E-state index in [0.29, 0.717) is 63.5 Å². The minimum Gasteiger partial charge on any atom is -0.394 e. The molecule has 8 rings (SSSR count). The molecule has 0 aliphatic carbocycles. The molecule has 11 unspecified atom stereocenters. The highest BCUT2D eigenvalue weighted by molar-refractivity contribution is 7.80. The van der Waals surface area contributed by atoms with Crippen LogP contribution in [0.3, 0.4) is 0 Å². The number of aliphatic hydroxyl groups is 12. The maximum Gasteiger partial charge on any atom is 0.186 e. The molecular formula is C41H75N7O18S3. The van der Waals surface area contributed by atoms with Crippen molar-refractivity contribution >= 4 is 52.0 Å². The monoisotopic (exact) mass is 1050 g/mol. The molecule has 8 fully saturated rings. The van der Waals surface area contributed by atoms with Crippen LogP contribution in [-0.4, -0.2) is 264 Å². The molecule has 0 aromatic carbocycles. The second-order valence-corrected chi connectivity index (χ2v) is 19.2. The maximum absolute atomic E-state index is 11.3. The summed E-state index contributed by atoms with van der Waals surface area (Å²) in [5.41, 5.74) is 0. The standard InChI is InChI=1S/C41H75N7O18S3/c1-2-3-6-19-21(63-36(60)31(57)25(19)51)15-45-39(67)42-8-11-48(13-10-44-41(69)47-35-30(56)28(54)27(53)23(17-49)62-35)12-9-43-40(68)46-16-22-20-7-4-5-14-61-37-33(59)29(55)34(24(18-50)65-37)66-38(64-22)32(58)26(20)52/h19-38,49-60H,2-18H2,1H3,(H2,42,45,67)(H2,43,46,68)(H2,44,47,69)/t19?,20?,21?,22?,23?,24?,25-,26-,27-,28+,29+,30?,31?,32?,33?,34?,35+,36+,37+,38-/m1/s1. The van der Waals surface area contributed by atoms with Crippen LogP contribution < -0.4 is 31.9 Å². The first-order valence-electron chi connectivity index (χ1n) is 23.7. The molecule has 0 aromatic rings. The fourth-order valence-corrected chi connectivity index (χ4v) is 9.67. The van der Waals surface area contributed by atoms with E-state index in [9.17, 15) is 61.3 Å². The van der Waals surface area contributed by atoms with E-state index in [1.165, 1.54) is 0 Å². The minimum atomic E-state index is -1.59. The Bertz CT molecular complexity index is 1580. The molecule has 69 heavy (non-hydrogen) atoms. The third kappa shape index (κ3) is 16.2. The fraction of sp³-hybridized carbons (Fsp3) is 0.927. The molecule has 400 valence electrons. The molecule has 25 nitrogen and oxygen atoms in total. The zero-order valence-electron chi connectivity index (χ0n) is 38.6. The first kappa shape index (κ1) is 58.2. The molecule has 0 aromatic heterocycles. The highest BCUT2D eigenvalue weighted by atomic mass is 32.1. The second-order valence-electron chi connectivity index (χ2n) is 18.0. The van der Waals surface area contributed by atoms with E-state index in [1.807, 2.05) is 6.92 Å². The molecule has 8 saturated heterocycles. The zero-order chi connectivity index (χ0) is 50.4. The summed E-state index contributed by atoms with van der Waals surface area (Å²) in [6, 6.07) is 0. The Balaban J connectivity index is 1.15. The third-order valence-electron chi connectivity index (χ3n) is 13.2. The second kappa shape index (κ2) is 28.7. The lowest BCUT2D eigenvalue weighted by atomic mass is 9.84. The number of nitrogens with zero attached hydrogens (tertiary/aromatic N) is 1. The SMILES string of the molecule is CCCCC1C(CNC(=S)NCCN(CCNC(=S)NCC2O[C@@H]3OC4C(CO)O[C@H](OCCCCC2[C@@H](O)C3O)C(O)[C@@H]4O)CCNC(=S)N[C@H]2OC(CO)[C@@H](O)[C@H](O)C2O)O[C@H](O)C(O)[C@@H]1O. The Kier molecular flexibility index (Phi) is 24.2. The van der Waals surface area contributed by atoms with Crippen LogP contribution in [0.2, 0.25) is 0 Å². The highest BCUT2D eigenvalue weighted by Crippen LogP contribution is 2.35. The summed E-state index contributed by atoms with van der Waals surface area (Å²) in [5, 5.41) is 144. The lowest BCUT2D eigenvalue weighted by Crippen LogP contribution is -2.64. The number of unbranched alkanes of at least 4 members (excludes halogenated alkanes) is 1. The molecule has 4 bridgehead atoms. The number of hydrogen-bond donors (Lipinski definition) is 18. The van der Waals surface area contributed by atoms with Gasteiger partial charge in [0.05, 0.1) is 37.6 Å². The molecule has 0 saturated carbocycles. The van der Waals surface area contributed by atoms with Gasteiger partial charge in [-0.2, -0.15) is 0 Å². The summed E-state index contributed by atoms with van der Waals surface area (Å²) in [6.07, 6.45) is -19.8. The van der Waals surface area contributed by atoms with Crippen LogP contribution in [0.15, 0.2) is 0 Å². The largest absolute Gasteiger partial charge is 0.394 e. The van der Waals surface area contributed by atoms with Gasteiger partial charge in [-0.15, -0.1) is 0 Å². The summed E-state index contributed by atoms with van der Waals surface area (Å²) < 4.78 is 34.6. The van der Waals surface area contributed by atoms with Crippen LogP contribution in [0.1, 0.15) is 45.4 Å². The van der Waals surface area contributed by atoms with Gasteiger partial charge in [-0.1, -0.05) is 26.2 Å². The van der Waals surface area contributed by atoms with Crippen LogP contribution in [0.25, 0.3) is 0 Å². The van der Waals surface area contributed by atoms with E-state index in [-0.39, 0.29) is 36.5 Å². The first-order valence-corrected chi connectivity index (χ1v) is 24.9. The van der Waals surface area contributed by atoms with Crippen molar-refractivity contribution < 1.29 is 89.7 Å². The third-order valence-corrected chi connectivity index (χ3v) is 14.0. The number of hydrogen-bond acceptors (Lipinski definition) is 22. The predicted molar refractivity (Wildman–Crippen MR) is 254 cm³/mol. The normalized spacial score (nSPS) is 39.6. The van der Waals surface area contributed by atoms with Gasteiger partial charge in [0.25, 0.3) is 0 Å². The Morgan fingerprint density at radius 2 is 1.14 bits per heavy atom. The smallest absolute Gasteiger partial charge is 0.186 e. The lowest BCUT2D eigenvalue weighted by Gasteiger charge is -2.47. The van der Waals surface area contributed by atoms with Crippen molar-refractivity contribution in [2.45, 2.75) is 156 Å². The predicted octanol–water partition coefficient (Wildman–Crippen LogP) is -7.19. The summed E-state index contributed by atoms with van der Waals surface area (Å²) in [4.78, 5) is 2.05. The van der Waals surface area contributed by atoms with Crippen molar-refractivity contribution in [3.8, 4) is 0 Å². The maximum atomic E-state index is 11.3. The van der Waals surface area contributed by atoms with Crippen molar-refractivity contribution in [1.82, 2.24) is 36.8 Å². The van der Waals surface area contributed by atoms with Gasteiger partial charge in [0.2, 0.25) is 0 Å². The van der Waals surface area contributed by atoms with Gasteiger partial charge in [0, 0.05) is 70.8 Å². The van der Waals surface area contributed by atoms with Crippen molar-refractivity contribution in [3.05, 3.63) is 0 Å². The number of nitrogens with one attached hydrogen (secondary N) is 6. The Labute approximate surface area is 417 Å². The van der Waals surface area contributed by atoms with Gasteiger partial charge in [-0.05, 0) is 55.9 Å². The van der Waals surface area contributed by atoms with E-state index in [0.717, 1.165) is 12.8 Å². The number of rotatable bonds is 19. The van der Waals surface area contributed by atoms with Crippen LogP contribution in [0, 0.1) is 11.8 Å². The number of aliphatic hydroxyl groups excluding tert-OH is 12. The summed E-state index contributed by atoms with van der Waals surface area (Å²) in [6.45, 7) is 3.50. The summed E-state index contributed by atoms with van der Waals surface area (Å²) >= 11 is 16.6.